The smallest absolute Gasteiger partial charge is 0.322 e. The Balaban J connectivity index is 1.72. The summed E-state index contributed by atoms with van der Waals surface area (Å²) in [6, 6.07) is 6.67. The van der Waals surface area contributed by atoms with Crippen molar-refractivity contribution < 1.29 is 19.1 Å². The van der Waals surface area contributed by atoms with Gasteiger partial charge in [0.1, 0.15) is 11.3 Å². The van der Waals surface area contributed by atoms with Crippen LogP contribution in [0.2, 0.25) is 0 Å². The summed E-state index contributed by atoms with van der Waals surface area (Å²) in [5.41, 5.74) is -0.349. The molecule has 0 aliphatic carbocycles. The Kier molecular flexibility index (Phi) is 3.94. The van der Waals surface area contributed by atoms with Crippen LogP contribution in [0.4, 0.5) is 4.79 Å². The van der Waals surface area contributed by atoms with Crippen LogP contribution >= 0.6 is 0 Å². The van der Waals surface area contributed by atoms with Crippen molar-refractivity contribution in [1.82, 2.24) is 15.5 Å². The highest BCUT2D eigenvalue weighted by Gasteiger charge is 2.48. The molecule has 2 fully saturated rings. The van der Waals surface area contributed by atoms with E-state index in [2.05, 4.69) is 10.6 Å². The number of urea groups is 1. The fraction of sp³-hybridized carbons (Fsp3) is 0.438. The van der Waals surface area contributed by atoms with E-state index in [1.807, 2.05) is 13.0 Å². The van der Waals surface area contributed by atoms with Crippen LogP contribution in [0.15, 0.2) is 24.3 Å². The lowest BCUT2D eigenvalue weighted by atomic mass is 9.87. The zero-order chi connectivity index (χ0) is 16.4. The fourth-order valence-electron chi connectivity index (χ4n) is 3.07. The minimum absolute atomic E-state index is 0.117. The number of imide groups is 1. The molecule has 2 saturated heterocycles. The molecule has 0 aromatic heterocycles. The number of carbonyl (C=O) groups is 3. The number of ether oxygens (including phenoxy) is 1. The van der Waals surface area contributed by atoms with Crippen molar-refractivity contribution >= 4 is 17.8 Å². The van der Waals surface area contributed by atoms with E-state index in [9.17, 15) is 14.4 Å². The molecule has 7 heteroatoms. The van der Waals surface area contributed by atoms with Crippen molar-refractivity contribution in [2.24, 2.45) is 0 Å². The number of benzene rings is 1. The molecule has 3 rings (SSSR count). The second-order valence-electron chi connectivity index (χ2n) is 5.71. The second-order valence-corrected chi connectivity index (χ2v) is 5.71. The fourth-order valence-corrected chi connectivity index (χ4v) is 3.07. The predicted octanol–water partition coefficient (Wildman–Crippen LogP) is 0.899. The third-order valence-electron chi connectivity index (χ3n) is 4.34. The van der Waals surface area contributed by atoms with Crippen LogP contribution in [0.25, 0.3) is 0 Å². The molecule has 0 unspecified atom stereocenters. The summed E-state index contributed by atoms with van der Waals surface area (Å²) in [6.45, 7) is 3.17. The van der Waals surface area contributed by atoms with E-state index in [4.69, 9.17) is 4.74 Å². The Morgan fingerprint density at radius 1 is 1.26 bits per heavy atom. The molecule has 2 heterocycles. The summed E-state index contributed by atoms with van der Waals surface area (Å²) < 4.78 is 5.50. The summed E-state index contributed by atoms with van der Waals surface area (Å²) in [7, 11) is 0. The molecule has 0 radical (unpaired) electrons. The van der Waals surface area contributed by atoms with E-state index < -0.39 is 11.6 Å². The Morgan fingerprint density at radius 3 is 2.57 bits per heavy atom. The molecule has 0 atom stereocenters. The monoisotopic (exact) mass is 317 g/mol. The molecule has 23 heavy (non-hydrogen) atoms. The zero-order valence-corrected chi connectivity index (χ0v) is 12.9. The molecular weight excluding hydrogens is 298 g/mol. The molecule has 0 bridgehead atoms. The number of nitrogens with zero attached hydrogens (tertiary/aromatic N) is 1. The Morgan fingerprint density at radius 2 is 1.96 bits per heavy atom. The van der Waals surface area contributed by atoms with Crippen LogP contribution < -0.4 is 15.4 Å². The van der Waals surface area contributed by atoms with Crippen molar-refractivity contribution in [3.05, 3.63) is 29.8 Å². The maximum absolute atomic E-state index is 12.7. The summed E-state index contributed by atoms with van der Waals surface area (Å²) in [4.78, 5) is 37.7. The van der Waals surface area contributed by atoms with Crippen LogP contribution in [0.5, 0.6) is 5.75 Å². The van der Waals surface area contributed by atoms with Gasteiger partial charge < -0.3 is 15.0 Å². The number of piperidine rings is 1. The zero-order valence-electron chi connectivity index (χ0n) is 12.9. The van der Waals surface area contributed by atoms with E-state index >= 15 is 0 Å². The van der Waals surface area contributed by atoms with Crippen molar-refractivity contribution in [2.45, 2.75) is 25.3 Å². The Hall–Kier alpha value is -2.57. The molecule has 2 aliphatic rings. The first kappa shape index (κ1) is 15.3. The highest BCUT2D eigenvalue weighted by molar-refractivity contribution is 6.07. The van der Waals surface area contributed by atoms with Crippen LogP contribution in [0, 0.1) is 0 Å². The third kappa shape index (κ3) is 2.74. The van der Waals surface area contributed by atoms with Crippen LogP contribution in [0.3, 0.4) is 0 Å². The van der Waals surface area contributed by atoms with Gasteiger partial charge in [0.05, 0.1) is 12.2 Å². The number of hydrogen-bond donors (Lipinski definition) is 2. The average molecular weight is 317 g/mol. The molecule has 1 spiro atoms. The largest absolute Gasteiger partial charge is 0.493 e. The van der Waals surface area contributed by atoms with Gasteiger partial charge in [0, 0.05) is 13.1 Å². The second kappa shape index (κ2) is 5.91. The molecule has 0 saturated carbocycles. The third-order valence-corrected chi connectivity index (χ3v) is 4.34. The van der Waals surface area contributed by atoms with E-state index in [1.165, 1.54) is 0 Å². The lowest BCUT2D eigenvalue weighted by molar-refractivity contribution is -0.125. The number of carbonyl (C=O) groups excluding carboxylic acids is 3. The quantitative estimate of drug-likeness (QED) is 0.811. The van der Waals surface area contributed by atoms with Gasteiger partial charge in [-0.25, -0.2) is 4.79 Å². The van der Waals surface area contributed by atoms with Crippen LogP contribution in [0.1, 0.15) is 30.1 Å². The maximum Gasteiger partial charge on any atom is 0.322 e. The van der Waals surface area contributed by atoms with Crippen molar-refractivity contribution in [1.29, 1.82) is 0 Å². The maximum atomic E-state index is 12.7. The predicted molar refractivity (Wildman–Crippen MR) is 82.2 cm³/mol. The molecule has 122 valence electrons. The number of hydrogen-bond acceptors (Lipinski definition) is 4. The first-order valence-corrected chi connectivity index (χ1v) is 7.70. The van der Waals surface area contributed by atoms with E-state index in [-0.39, 0.29) is 11.8 Å². The van der Waals surface area contributed by atoms with Gasteiger partial charge in [-0.2, -0.15) is 0 Å². The van der Waals surface area contributed by atoms with Crippen LogP contribution in [-0.4, -0.2) is 48.0 Å². The molecule has 2 N–H and O–H groups in total. The summed E-state index contributed by atoms with van der Waals surface area (Å²) in [6.07, 6.45) is 0.820. The number of amides is 4. The lowest BCUT2D eigenvalue weighted by Gasteiger charge is -2.37. The summed E-state index contributed by atoms with van der Waals surface area (Å²) >= 11 is 0. The molecule has 1 aromatic carbocycles. The lowest BCUT2D eigenvalue weighted by Crippen LogP contribution is -2.55. The highest BCUT2D eigenvalue weighted by Crippen LogP contribution is 2.28. The van der Waals surface area contributed by atoms with E-state index in [0.717, 1.165) is 0 Å². The number of likely N-dealkylation sites (tertiary alicyclic amines) is 1. The highest BCUT2D eigenvalue weighted by atomic mass is 16.5. The summed E-state index contributed by atoms with van der Waals surface area (Å²) in [5.74, 6) is 0.144. The normalized spacial score (nSPS) is 19.4. The van der Waals surface area contributed by atoms with Crippen molar-refractivity contribution in [3.8, 4) is 5.75 Å². The molecule has 7 nitrogen and oxygen atoms in total. The van der Waals surface area contributed by atoms with E-state index in [0.29, 0.717) is 43.9 Å². The first-order valence-electron chi connectivity index (χ1n) is 7.70. The van der Waals surface area contributed by atoms with E-state index in [1.54, 1.807) is 23.1 Å². The van der Waals surface area contributed by atoms with Gasteiger partial charge in [0.2, 0.25) is 0 Å². The summed E-state index contributed by atoms with van der Waals surface area (Å²) in [5, 5.41) is 4.95. The van der Waals surface area contributed by atoms with Gasteiger partial charge in [0.15, 0.2) is 0 Å². The number of rotatable bonds is 3. The van der Waals surface area contributed by atoms with Crippen LogP contribution in [-0.2, 0) is 4.79 Å². The van der Waals surface area contributed by atoms with Gasteiger partial charge in [-0.1, -0.05) is 12.1 Å². The number of nitrogens with one attached hydrogen (secondary N) is 2. The van der Waals surface area contributed by atoms with Gasteiger partial charge in [-0.15, -0.1) is 0 Å². The molecular formula is C16H19N3O4. The van der Waals surface area contributed by atoms with Crippen molar-refractivity contribution in [2.75, 3.05) is 19.7 Å². The minimum Gasteiger partial charge on any atom is -0.493 e. The molecule has 4 amide bonds. The standard InChI is InChI=1S/C16H19N3O4/c1-2-23-12-6-4-3-5-11(12)13(20)19-9-7-16(8-10-19)14(21)17-15(22)18-16/h3-6H,2,7-10H2,1H3,(H2,17,18,21,22). The Bertz CT molecular complexity index is 650. The van der Waals surface area contributed by atoms with Crippen molar-refractivity contribution in [3.63, 3.8) is 0 Å². The number of para-hydroxylation sites is 1. The minimum atomic E-state index is -0.868. The van der Waals surface area contributed by atoms with Gasteiger partial charge >= 0.3 is 6.03 Å². The molecule has 2 aliphatic heterocycles. The molecule has 1 aromatic rings. The first-order chi connectivity index (χ1) is 11.1. The Labute approximate surface area is 134 Å². The van der Waals surface area contributed by atoms with Gasteiger partial charge in [0.25, 0.3) is 11.8 Å². The topological polar surface area (TPSA) is 87.7 Å². The van der Waals surface area contributed by atoms with Gasteiger partial charge in [-0.3, -0.25) is 14.9 Å². The van der Waals surface area contributed by atoms with Gasteiger partial charge in [-0.05, 0) is 31.9 Å². The SMILES string of the molecule is CCOc1ccccc1C(=O)N1CCC2(CC1)NC(=O)NC2=O. The average Bonchev–Trinajstić information content (AvgIpc) is 2.82.